The molecule has 1 aromatic heterocycles. The van der Waals surface area contributed by atoms with Gasteiger partial charge in [0.2, 0.25) is 0 Å². The van der Waals surface area contributed by atoms with Gasteiger partial charge in [-0.2, -0.15) is 0 Å². The number of aryl methyl sites for hydroxylation is 1. The van der Waals surface area contributed by atoms with Crippen LogP contribution in [0.3, 0.4) is 0 Å². The van der Waals surface area contributed by atoms with E-state index in [1.807, 2.05) is 19.1 Å². The maximum atomic E-state index is 12.0. The van der Waals surface area contributed by atoms with E-state index in [1.165, 1.54) is 12.0 Å². The number of hydrogen-bond acceptors (Lipinski definition) is 5. The Balaban J connectivity index is 1.38. The summed E-state index contributed by atoms with van der Waals surface area (Å²) in [5.74, 6) is 1.98. The minimum atomic E-state index is -0.171. The van der Waals surface area contributed by atoms with Gasteiger partial charge >= 0.3 is 0 Å². The normalized spacial score (nSPS) is 14.6. The van der Waals surface area contributed by atoms with E-state index < -0.39 is 0 Å². The van der Waals surface area contributed by atoms with E-state index in [0.717, 1.165) is 56.4 Å². The molecule has 1 amide bonds. The molecule has 30 heavy (non-hydrogen) atoms. The first-order valence-electron chi connectivity index (χ1n) is 10.3. The van der Waals surface area contributed by atoms with Crippen LogP contribution >= 0.6 is 0 Å². The van der Waals surface area contributed by atoms with Gasteiger partial charge in [0.05, 0.1) is 13.4 Å². The molecule has 0 bridgehead atoms. The summed E-state index contributed by atoms with van der Waals surface area (Å²) in [6, 6.07) is 9.95. The first-order valence-corrected chi connectivity index (χ1v) is 10.3. The predicted molar refractivity (Wildman–Crippen MR) is 119 cm³/mol. The quantitative estimate of drug-likeness (QED) is 0.411. The van der Waals surface area contributed by atoms with Crippen LogP contribution in [0, 0.1) is 6.92 Å². The van der Waals surface area contributed by atoms with Gasteiger partial charge in [0.25, 0.3) is 5.91 Å². The van der Waals surface area contributed by atoms with Gasteiger partial charge in [-0.15, -0.1) is 0 Å². The maximum absolute atomic E-state index is 12.0. The molecule has 1 fully saturated rings. The largest absolute Gasteiger partial charge is 0.497 e. The fourth-order valence-corrected chi connectivity index (χ4v) is 3.49. The van der Waals surface area contributed by atoms with Crippen molar-refractivity contribution in [3.05, 3.63) is 47.9 Å². The smallest absolute Gasteiger partial charge is 0.287 e. The lowest BCUT2D eigenvalue weighted by atomic mass is 10.2. The Morgan fingerprint density at radius 2 is 1.93 bits per heavy atom. The highest BCUT2D eigenvalue weighted by Crippen LogP contribution is 2.22. The highest BCUT2D eigenvalue weighted by molar-refractivity contribution is 5.92. The number of nitrogens with zero attached hydrogens (tertiary/aromatic N) is 3. The lowest BCUT2D eigenvalue weighted by Crippen LogP contribution is -2.52. The molecule has 2 heterocycles. The van der Waals surface area contributed by atoms with Gasteiger partial charge in [-0.25, -0.2) is 0 Å². The summed E-state index contributed by atoms with van der Waals surface area (Å²) in [6.07, 6.45) is 2.33. The van der Waals surface area contributed by atoms with E-state index in [4.69, 9.17) is 9.15 Å². The summed E-state index contributed by atoms with van der Waals surface area (Å²) < 4.78 is 10.5. The third-order valence-electron chi connectivity index (χ3n) is 5.20. The van der Waals surface area contributed by atoms with Gasteiger partial charge < -0.3 is 29.6 Å². The van der Waals surface area contributed by atoms with E-state index in [9.17, 15) is 4.79 Å². The van der Waals surface area contributed by atoms with E-state index in [2.05, 4.69) is 37.6 Å². The minimum Gasteiger partial charge on any atom is -0.497 e. The molecule has 8 heteroatoms. The number of piperazine rings is 1. The minimum absolute atomic E-state index is 0.171. The van der Waals surface area contributed by atoms with Crippen molar-refractivity contribution in [3.8, 4) is 5.75 Å². The summed E-state index contributed by atoms with van der Waals surface area (Å²) in [5.41, 5.74) is 2.03. The number of carbonyl (C=O) groups is 1. The second kappa shape index (κ2) is 10.6. The van der Waals surface area contributed by atoms with Crippen molar-refractivity contribution in [3.63, 3.8) is 0 Å². The molecule has 0 atom stereocenters. The lowest BCUT2D eigenvalue weighted by molar-refractivity contribution is 0.0925. The van der Waals surface area contributed by atoms with Crippen LogP contribution in [0.5, 0.6) is 5.75 Å². The fourth-order valence-electron chi connectivity index (χ4n) is 3.49. The number of carbonyl (C=O) groups excluding carboxylic acids is 1. The van der Waals surface area contributed by atoms with Gasteiger partial charge in [0.1, 0.15) is 5.75 Å². The number of amides is 1. The first-order chi connectivity index (χ1) is 14.6. The van der Waals surface area contributed by atoms with Gasteiger partial charge in [-0.3, -0.25) is 9.79 Å². The van der Waals surface area contributed by atoms with Crippen molar-refractivity contribution in [2.45, 2.75) is 13.3 Å². The molecule has 0 spiro atoms. The van der Waals surface area contributed by atoms with Crippen LogP contribution in [0.15, 0.2) is 46.0 Å². The van der Waals surface area contributed by atoms with Crippen LogP contribution in [0.1, 0.15) is 22.5 Å². The van der Waals surface area contributed by atoms with Crippen molar-refractivity contribution in [2.24, 2.45) is 4.99 Å². The van der Waals surface area contributed by atoms with Gasteiger partial charge in [-0.05, 0) is 31.5 Å². The lowest BCUT2D eigenvalue weighted by Gasteiger charge is -2.37. The van der Waals surface area contributed by atoms with E-state index in [0.29, 0.717) is 12.3 Å². The average Bonchev–Trinajstić information content (AvgIpc) is 3.22. The number of anilines is 1. The molecule has 1 aliphatic rings. The van der Waals surface area contributed by atoms with Crippen LogP contribution in [-0.2, 0) is 0 Å². The van der Waals surface area contributed by atoms with Crippen molar-refractivity contribution in [2.75, 3.05) is 58.3 Å². The molecule has 1 aromatic carbocycles. The zero-order chi connectivity index (χ0) is 21.3. The molecule has 0 radical (unpaired) electrons. The molecule has 2 aromatic rings. The number of nitrogens with one attached hydrogen (secondary N) is 2. The number of furan rings is 1. The number of guanidine groups is 1. The molecule has 8 nitrogen and oxygen atoms in total. The Morgan fingerprint density at radius 1 is 1.17 bits per heavy atom. The first kappa shape index (κ1) is 21.5. The van der Waals surface area contributed by atoms with Crippen molar-refractivity contribution in [1.29, 1.82) is 0 Å². The number of hydrogen-bond donors (Lipinski definition) is 2. The van der Waals surface area contributed by atoms with Crippen LogP contribution in [0.25, 0.3) is 0 Å². The SMILES string of the molecule is CN=C(NCCCNC(=O)c1occc1C)N1CCN(c2cccc(OC)c2)CC1. The molecule has 1 saturated heterocycles. The Bertz CT molecular complexity index is 856. The van der Waals surface area contributed by atoms with Crippen LogP contribution in [0.2, 0.25) is 0 Å². The third kappa shape index (κ3) is 5.46. The van der Waals surface area contributed by atoms with Gasteiger partial charge in [-0.1, -0.05) is 6.07 Å². The fraction of sp³-hybridized carbons (Fsp3) is 0.455. The highest BCUT2D eigenvalue weighted by Gasteiger charge is 2.20. The number of benzene rings is 1. The highest BCUT2D eigenvalue weighted by atomic mass is 16.5. The Hall–Kier alpha value is -3.16. The van der Waals surface area contributed by atoms with Crippen molar-refractivity contribution < 1.29 is 13.9 Å². The second-order valence-corrected chi connectivity index (χ2v) is 7.19. The standard InChI is InChI=1S/C22H31N5O3/c1-17-8-15-30-20(17)21(28)24-9-5-10-25-22(23-2)27-13-11-26(12-14-27)18-6-4-7-19(16-18)29-3/h4,6-8,15-16H,5,9-14H2,1-3H3,(H,23,25)(H,24,28). The van der Waals surface area contributed by atoms with Gasteiger partial charge in [0.15, 0.2) is 11.7 Å². The summed E-state index contributed by atoms with van der Waals surface area (Å²) >= 11 is 0. The Kier molecular flexibility index (Phi) is 7.59. The molecule has 0 saturated carbocycles. The molecule has 2 N–H and O–H groups in total. The molecule has 0 aliphatic carbocycles. The number of ether oxygens (including phenoxy) is 1. The molecular weight excluding hydrogens is 382 g/mol. The number of rotatable bonds is 7. The van der Waals surface area contributed by atoms with Crippen LogP contribution < -0.4 is 20.3 Å². The molecule has 1 aliphatic heterocycles. The monoisotopic (exact) mass is 413 g/mol. The molecule has 3 rings (SSSR count). The second-order valence-electron chi connectivity index (χ2n) is 7.19. The zero-order valence-corrected chi connectivity index (χ0v) is 18.0. The Labute approximate surface area is 177 Å². The van der Waals surface area contributed by atoms with Gasteiger partial charge in [0, 0.05) is 63.6 Å². The molecule has 0 unspecified atom stereocenters. The van der Waals surface area contributed by atoms with Crippen LogP contribution in [-0.4, -0.2) is 70.2 Å². The molecular formula is C22H31N5O3. The van der Waals surface area contributed by atoms with E-state index in [-0.39, 0.29) is 5.91 Å². The Morgan fingerprint density at radius 3 is 2.60 bits per heavy atom. The maximum Gasteiger partial charge on any atom is 0.287 e. The van der Waals surface area contributed by atoms with E-state index in [1.54, 1.807) is 20.2 Å². The number of aliphatic imine (C=N–C) groups is 1. The van der Waals surface area contributed by atoms with Crippen molar-refractivity contribution in [1.82, 2.24) is 15.5 Å². The van der Waals surface area contributed by atoms with Crippen LogP contribution in [0.4, 0.5) is 5.69 Å². The van der Waals surface area contributed by atoms with E-state index >= 15 is 0 Å². The molecule has 162 valence electrons. The average molecular weight is 414 g/mol. The summed E-state index contributed by atoms with van der Waals surface area (Å²) in [4.78, 5) is 21.1. The third-order valence-corrected chi connectivity index (χ3v) is 5.20. The summed E-state index contributed by atoms with van der Waals surface area (Å²) in [6.45, 7) is 6.81. The number of methoxy groups -OCH3 is 1. The topological polar surface area (TPSA) is 82.3 Å². The predicted octanol–water partition coefficient (Wildman–Crippen LogP) is 2.11. The van der Waals surface area contributed by atoms with Crippen molar-refractivity contribution >= 4 is 17.6 Å². The zero-order valence-electron chi connectivity index (χ0n) is 18.0. The summed E-state index contributed by atoms with van der Waals surface area (Å²) in [7, 11) is 3.49. The summed E-state index contributed by atoms with van der Waals surface area (Å²) in [5, 5.41) is 6.28.